The average Bonchev–Trinajstić information content (AvgIpc) is 2.46. The molecule has 0 saturated heterocycles. The predicted molar refractivity (Wildman–Crippen MR) is 80.5 cm³/mol. The summed E-state index contributed by atoms with van der Waals surface area (Å²) in [4.78, 5) is 11.8. The maximum absolute atomic E-state index is 11.8. The Hall–Kier alpha value is -2.00. The molecule has 0 spiro atoms. The Morgan fingerprint density at radius 3 is 2.40 bits per heavy atom. The number of carbonyl (C=O) groups is 1. The highest BCUT2D eigenvalue weighted by molar-refractivity contribution is 6.30. The van der Waals surface area contributed by atoms with Crippen LogP contribution in [0, 0.1) is 6.92 Å². The summed E-state index contributed by atoms with van der Waals surface area (Å²) < 4.78 is 5.53. The van der Waals surface area contributed by atoms with Gasteiger partial charge >= 0.3 is 0 Å². The zero-order chi connectivity index (χ0) is 14.4. The van der Waals surface area contributed by atoms with Crippen molar-refractivity contribution in [1.29, 1.82) is 0 Å². The molecule has 0 radical (unpaired) electrons. The first-order valence-electron chi connectivity index (χ1n) is 6.38. The maximum atomic E-state index is 11.8. The monoisotopic (exact) mass is 289 g/mol. The predicted octanol–water partition coefficient (Wildman–Crippen LogP) is 3.46. The summed E-state index contributed by atoms with van der Waals surface area (Å²) in [5.41, 5.74) is 1.78. The fourth-order valence-electron chi connectivity index (χ4n) is 1.67. The van der Waals surface area contributed by atoms with Crippen LogP contribution in [0.4, 0.5) is 0 Å². The van der Waals surface area contributed by atoms with E-state index in [1.165, 1.54) is 5.56 Å². The molecule has 3 nitrogen and oxygen atoms in total. The van der Waals surface area contributed by atoms with E-state index in [2.05, 4.69) is 5.32 Å². The van der Waals surface area contributed by atoms with Gasteiger partial charge in [-0.15, -0.1) is 0 Å². The lowest BCUT2D eigenvalue weighted by atomic mass is 10.2. The Morgan fingerprint density at radius 2 is 1.75 bits per heavy atom. The molecule has 104 valence electrons. The largest absolute Gasteiger partial charge is 0.492 e. The quantitative estimate of drug-likeness (QED) is 0.856. The van der Waals surface area contributed by atoms with Gasteiger partial charge in [-0.05, 0) is 43.3 Å². The van der Waals surface area contributed by atoms with Gasteiger partial charge in [-0.2, -0.15) is 0 Å². The van der Waals surface area contributed by atoms with Crippen molar-refractivity contribution in [3.8, 4) is 5.75 Å². The maximum Gasteiger partial charge on any atom is 0.251 e. The standard InChI is InChI=1S/C16H16ClNO2/c1-12-2-8-15(9-3-12)20-11-10-18-16(19)13-4-6-14(17)7-5-13/h2-9H,10-11H2,1H3,(H,18,19). The van der Waals surface area contributed by atoms with Gasteiger partial charge in [0.15, 0.2) is 0 Å². The van der Waals surface area contributed by atoms with Crippen LogP contribution in [0.2, 0.25) is 5.02 Å². The van der Waals surface area contributed by atoms with Gasteiger partial charge in [-0.3, -0.25) is 4.79 Å². The molecule has 0 unspecified atom stereocenters. The van der Waals surface area contributed by atoms with Crippen molar-refractivity contribution in [2.45, 2.75) is 6.92 Å². The van der Waals surface area contributed by atoms with Crippen molar-refractivity contribution in [1.82, 2.24) is 5.32 Å². The van der Waals surface area contributed by atoms with Crippen LogP contribution in [0.3, 0.4) is 0 Å². The molecule has 2 aromatic rings. The number of ether oxygens (including phenoxy) is 1. The molecule has 2 aromatic carbocycles. The van der Waals surface area contributed by atoms with E-state index in [0.717, 1.165) is 5.75 Å². The topological polar surface area (TPSA) is 38.3 Å². The second kappa shape index (κ2) is 6.96. The summed E-state index contributed by atoms with van der Waals surface area (Å²) >= 11 is 5.77. The summed E-state index contributed by atoms with van der Waals surface area (Å²) in [6.07, 6.45) is 0. The first-order valence-corrected chi connectivity index (χ1v) is 6.76. The van der Waals surface area contributed by atoms with E-state index in [9.17, 15) is 4.79 Å². The molecular weight excluding hydrogens is 274 g/mol. The number of carbonyl (C=O) groups excluding carboxylic acids is 1. The first kappa shape index (κ1) is 14.4. The number of aryl methyl sites for hydroxylation is 1. The minimum atomic E-state index is -0.130. The normalized spacial score (nSPS) is 10.1. The number of hydrogen-bond acceptors (Lipinski definition) is 2. The molecule has 0 aliphatic rings. The van der Waals surface area contributed by atoms with Crippen LogP contribution in [0.5, 0.6) is 5.75 Å². The van der Waals surface area contributed by atoms with E-state index < -0.39 is 0 Å². The van der Waals surface area contributed by atoms with Crippen molar-refractivity contribution in [2.24, 2.45) is 0 Å². The van der Waals surface area contributed by atoms with Crippen LogP contribution in [-0.2, 0) is 0 Å². The van der Waals surface area contributed by atoms with Crippen molar-refractivity contribution < 1.29 is 9.53 Å². The second-order valence-electron chi connectivity index (χ2n) is 4.42. The van der Waals surface area contributed by atoms with Crippen molar-refractivity contribution in [2.75, 3.05) is 13.2 Å². The van der Waals surface area contributed by atoms with Gasteiger partial charge in [0, 0.05) is 10.6 Å². The van der Waals surface area contributed by atoms with E-state index in [1.54, 1.807) is 24.3 Å². The van der Waals surface area contributed by atoms with Gasteiger partial charge in [-0.1, -0.05) is 29.3 Å². The highest BCUT2D eigenvalue weighted by Gasteiger charge is 2.04. The van der Waals surface area contributed by atoms with Crippen molar-refractivity contribution >= 4 is 17.5 Å². The lowest BCUT2D eigenvalue weighted by Crippen LogP contribution is -2.28. The van der Waals surface area contributed by atoms with Crippen molar-refractivity contribution in [3.63, 3.8) is 0 Å². The molecule has 4 heteroatoms. The van der Waals surface area contributed by atoms with Gasteiger partial charge in [0.25, 0.3) is 5.91 Å². The van der Waals surface area contributed by atoms with Gasteiger partial charge in [0.2, 0.25) is 0 Å². The number of hydrogen-bond donors (Lipinski definition) is 1. The zero-order valence-corrected chi connectivity index (χ0v) is 12.0. The van der Waals surface area contributed by atoms with Crippen LogP contribution in [0.1, 0.15) is 15.9 Å². The van der Waals surface area contributed by atoms with Gasteiger partial charge in [0.05, 0.1) is 6.54 Å². The first-order chi connectivity index (χ1) is 9.65. The third-order valence-corrected chi connectivity index (χ3v) is 3.04. The summed E-state index contributed by atoms with van der Waals surface area (Å²) in [5.74, 6) is 0.672. The molecule has 0 aliphatic heterocycles. The molecule has 1 N–H and O–H groups in total. The summed E-state index contributed by atoms with van der Waals surface area (Å²) in [6.45, 7) is 2.91. The number of benzene rings is 2. The molecule has 0 saturated carbocycles. The highest BCUT2D eigenvalue weighted by atomic mass is 35.5. The summed E-state index contributed by atoms with van der Waals surface area (Å²) in [6, 6.07) is 14.6. The van der Waals surface area contributed by atoms with Gasteiger partial charge in [-0.25, -0.2) is 0 Å². The second-order valence-corrected chi connectivity index (χ2v) is 4.86. The molecule has 0 atom stereocenters. The third kappa shape index (κ3) is 4.28. The summed E-state index contributed by atoms with van der Waals surface area (Å²) in [5, 5.41) is 3.41. The van der Waals surface area contributed by atoms with E-state index in [0.29, 0.717) is 23.7 Å². The van der Waals surface area contributed by atoms with Crippen molar-refractivity contribution in [3.05, 3.63) is 64.7 Å². The smallest absolute Gasteiger partial charge is 0.251 e. The fourth-order valence-corrected chi connectivity index (χ4v) is 1.80. The molecule has 1 amide bonds. The zero-order valence-electron chi connectivity index (χ0n) is 11.2. The van der Waals surface area contributed by atoms with Gasteiger partial charge < -0.3 is 10.1 Å². The Bertz CT molecular complexity index is 564. The molecular formula is C16H16ClNO2. The number of halogens is 1. The number of nitrogens with one attached hydrogen (secondary N) is 1. The van der Waals surface area contributed by atoms with E-state index in [1.807, 2.05) is 31.2 Å². The lowest BCUT2D eigenvalue weighted by molar-refractivity contribution is 0.0947. The third-order valence-electron chi connectivity index (χ3n) is 2.78. The van der Waals surface area contributed by atoms with Crippen LogP contribution >= 0.6 is 11.6 Å². The lowest BCUT2D eigenvalue weighted by Gasteiger charge is -2.08. The summed E-state index contributed by atoms with van der Waals surface area (Å²) in [7, 11) is 0. The Kier molecular flexibility index (Phi) is 5.02. The van der Waals surface area contributed by atoms with Gasteiger partial charge in [0.1, 0.15) is 12.4 Å². The fraction of sp³-hybridized carbons (Fsp3) is 0.188. The molecule has 2 rings (SSSR count). The molecule has 0 fully saturated rings. The minimum absolute atomic E-state index is 0.130. The molecule has 0 bridgehead atoms. The molecule has 0 heterocycles. The Morgan fingerprint density at radius 1 is 1.10 bits per heavy atom. The van der Waals surface area contributed by atoms with Crippen LogP contribution in [0.25, 0.3) is 0 Å². The van der Waals surface area contributed by atoms with E-state index >= 15 is 0 Å². The Labute approximate surface area is 123 Å². The highest BCUT2D eigenvalue weighted by Crippen LogP contribution is 2.11. The average molecular weight is 290 g/mol. The van der Waals surface area contributed by atoms with E-state index in [4.69, 9.17) is 16.3 Å². The van der Waals surface area contributed by atoms with Crippen LogP contribution in [-0.4, -0.2) is 19.1 Å². The van der Waals surface area contributed by atoms with Crippen LogP contribution in [0.15, 0.2) is 48.5 Å². The number of rotatable bonds is 5. The molecule has 0 aromatic heterocycles. The Balaban J connectivity index is 1.74. The SMILES string of the molecule is Cc1ccc(OCCNC(=O)c2ccc(Cl)cc2)cc1. The minimum Gasteiger partial charge on any atom is -0.492 e. The molecule has 0 aliphatic carbocycles. The molecule has 20 heavy (non-hydrogen) atoms. The number of amides is 1. The van der Waals surface area contributed by atoms with Crippen LogP contribution < -0.4 is 10.1 Å². The van der Waals surface area contributed by atoms with E-state index in [-0.39, 0.29) is 5.91 Å².